The molecule has 0 radical (unpaired) electrons. The molecule has 1 saturated heterocycles. The summed E-state index contributed by atoms with van der Waals surface area (Å²) in [6.45, 7) is 8.62. The largest absolute Gasteiger partial charge is 0.483 e. The Morgan fingerprint density at radius 1 is 1.07 bits per heavy atom. The smallest absolute Gasteiger partial charge is 0.260 e. The maximum atomic E-state index is 13.1. The lowest BCUT2D eigenvalue weighted by Crippen LogP contribution is -2.58. The van der Waals surface area contributed by atoms with Crippen molar-refractivity contribution in [3.8, 4) is 5.75 Å². The van der Waals surface area contributed by atoms with Gasteiger partial charge in [0, 0.05) is 31.7 Å². The van der Waals surface area contributed by atoms with Crippen molar-refractivity contribution in [2.75, 3.05) is 19.7 Å². The zero-order chi connectivity index (χ0) is 20.8. The van der Waals surface area contributed by atoms with E-state index in [1.807, 2.05) is 35.2 Å². The molecule has 4 nitrogen and oxygen atoms in total. The molecule has 0 aromatic heterocycles. The summed E-state index contributed by atoms with van der Waals surface area (Å²) >= 11 is 0. The van der Waals surface area contributed by atoms with Crippen molar-refractivity contribution in [3.05, 3.63) is 65.5 Å². The molecule has 0 aliphatic carbocycles. The van der Waals surface area contributed by atoms with Gasteiger partial charge in [0.2, 0.25) is 0 Å². The fourth-order valence-corrected chi connectivity index (χ4v) is 3.93. The van der Waals surface area contributed by atoms with Crippen molar-refractivity contribution in [1.29, 1.82) is 0 Å². The second-order valence-electron chi connectivity index (χ2n) is 7.95. The molecule has 2 aromatic carbocycles. The first-order valence-electron chi connectivity index (χ1n) is 10.5. The van der Waals surface area contributed by atoms with Crippen molar-refractivity contribution < 1.29 is 13.9 Å². The zero-order valence-electron chi connectivity index (χ0n) is 17.6. The lowest BCUT2D eigenvalue weighted by molar-refractivity contribution is -0.139. The number of piperazine rings is 1. The molecule has 2 unspecified atom stereocenters. The number of hydrogen-bond acceptors (Lipinski definition) is 3. The molecule has 0 bridgehead atoms. The summed E-state index contributed by atoms with van der Waals surface area (Å²) in [5.41, 5.74) is 2.23. The van der Waals surface area contributed by atoms with Crippen molar-refractivity contribution in [1.82, 2.24) is 9.80 Å². The van der Waals surface area contributed by atoms with Gasteiger partial charge in [0.1, 0.15) is 11.6 Å². The van der Waals surface area contributed by atoms with Crippen LogP contribution in [0, 0.1) is 5.82 Å². The number of benzene rings is 2. The van der Waals surface area contributed by atoms with Gasteiger partial charge in [-0.1, -0.05) is 43.7 Å². The van der Waals surface area contributed by atoms with Crippen LogP contribution < -0.4 is 4.74 Å². The van der Waals surface area contributed by atoms with Crippen molar-refractivity contribution in [3.63, 3.8) is 0 Å². The van der Waals surface area contributed by atoms with Crippen LogP contribution in [0.2, 0.25) is 0 Å². The fraction of sp³-hybridized carbons (Fsp3) is 0.458. The second kappa shape index (κ2) is 9.88. The van der Waals surface area contributed by atoms with Crippen LogP contribution in [-0.4, -0.2) is 47.5 Å². The van der Waals surface area contributed by atoms with E-state index in [1.54, 1.807) is 0 Å². The average Bonchev–Trinajstić information content (AvgIpc) is 2.71. The number of aryl methyl sites for hydroxylation is 1. The van der Waals surface area contributed by atoms with Crippen LogP contribution >= 0.6 is 0 Å². The third kappa shape index (κ3) is 5.57. The van der Waals surface area contributed by atoms with Gasteiger partial charge in [-0.2, -0.15) is 0 Å². The fourth-order valence-electron chi connectivity index (χ4n) is 3.93. The number of halogens is 1. The van der Waals surface area contributed by atoms with Gasteiger partial charge < -0.3 is 9.64 Å². The van der Waals surface area contributed by atoms with E-state index in [-0.39, 0.29) is 30.4 Å². The monoisotopic (exact) mass is 398 g/mol. The number of amides is 1. The van der Waals surface area contributed by atoms with E-state index in [0.717, 1.165) is 42.8 Å². The molecule has 1 aliphatic rings. The van der Waals surface area contributed by atoms with Gasteiger partial charge in [0.15, 0.2) is 6.61 Å². The summed E-state index contributed by atoms with van der Waals surface area (Å²) < 4.78 is 19.0. The molecule has 156 valence electrons. The maximum absolute atomic E-state index is 13.1. The summed E-state index contributed by atoms with van der Waals surface area (Å²) in [5, 5.41) is 0. The molecule has 1 aliphatic heterocycles. The van der Waals surface area contributed by atoms with Crippen LogP contribution in [0.1, 0.15) is 38.3 Å². The highest BCUT2D eigenvalue weighted by molar-refractivity contribution is 5.78. The summed E-state index contributed by atoms with van der Waals surface area (Å²) in [5.74, 6) is 0.613. The predicted molar refractivity (Wildman–Crippen MR) is 113 cm³/mol. The van der Waals surface area contributed by atoms with Gasteiger partial charge in [0.25, 0.3) is 5.91 Å². The summed E-state index contributed by atoms with van der Waals surface area (Å²) in [6.07, 6.45) is 1.98. The van der Waals surface area contributed by atoms with Gasteiger partial charge in [-0.3, -0.25) is 9.69 Å². The Bertz CT molecular complexity index is 809. The minimum atomic E-state index is -0.217. The van der Waals surface area contributed by atoms with Crippen LogP contribution in [-0.2, 0) is 17.8 Å². The lowest BCUT2D eigenvalue weighted by Gasteiger charge is -2.44. The van der Waals surface area contributed by atoms with Crippen molar-refractivity contribution in [2.24, 2.45) is 0 Å². The summed E-state index contributed by atoms with van der Waals surface area (Å²) in [6, 6.07) is 14.9. The molecule has 0 spiro atoms. The molecule has 2 atom stereocenters. The molecule has 1 fully saturated rings. The quantitative estimate of drug-likeness (QED) is 0.698. The first kappa shape index (κ1) is 21.3. The van der Waals surface area contributed by atoms with E-state index in [9.17, 15) is 9.18 Å². The van der Waals surface area contributed by atoms with Gasteiger partial charge in [-0.05, 0) is 49.6 Å². The third-order valence-electron chi connectivity index (χ3n) is 5.58. The lowest BCUT2D eigenvalue weighted by atomic mass is 10.1. The summed E-state index contributed by atoms with van der Waals surface area (Å²) in [4.78, 5) is 17.1. The number of rotatable bonds is 7. The zero-order valence-corrected chi connectivity index (χ0v) is 17.6. The predicted octanol–water partition coefficient (Wildman–Crippen LogP) is 4.28. The second-order valence-corrected chi connectivity index (χ2v) is 7.95. The molecule has 2 aromatic rings. The van der Waals surface area contributed by atoms with Gasteiger partial charge in [-0.25, -0.2) is 4.39 Å². The minimum Gasteiger partial charge on any atom is -0.483 e. The van der Waals surface area contributed by atoms with Crippen LogP contribution in [0.15, 0.2) is 48.5 Å². The number of para-hydroxylation sites is 1. The van der Waals surface area contributed by atoms with E-state index < -0.39 is 0 Å². The van der Waals surface area contributed by atoms with Crippen LogP contribution in [0.4, 0.5) is 4.39 Å². The Morgan fingerprint density at radius 3 is 2.52 bits per heavy atom. The molecule has 29 heavy (non-hydrogen) atoms. The number of carbonyl (C=O) groups is 1. The van der Waals surface area contributed by atoms with Gasteiger partial charge >= 0.3 is 0 Å². The first-order chi connectivity index (χ1) is 14.0. The molecule has 1 amide bonds. The van der Waals surface area contributed by atoms with E-state index in [4.69, 9.17) is 4.74 Å². The maximum Gasteiger partial charge on any atom is 0.260 e. The van der Waals surface area contributed by atoms with Crippen LogP contribution in [0.5, 0.6) is 5.75 Å². The van der Waals surface area contributed by atoms with Crippen LogP contribution in [0.25, 0.3) is 0 Å². The number of ether oxygens (including phenoxy) is 1. The van der Waals surface area contributed by atoms with Crippen molar-refractivity contribution >= 4 is 5.91 Å². The van der Waals surface area contributed by atoms with Crippen LogP contribution in [0.3, 0.4) is 0 Å². The van der Waals surface area contributed by atoms with E-state index in [0.29, 0.717) is 6.54 Å². The number of nitrogens with zero attached hydrogens (tertiary/aromatic N) is 2. The highest BCUT2D eigenvalue weighted by Gasteiger charge is 2.32. The highest BCUT2D eigenvalue weighted by atomic mass is 19.1. The van der Waals surface area contributed by atoms with E-state index >= 15 is 0 Å². The van der Waals surface area contributed by atoms with E-state index in [1.165, 1.54) is 12.1 Å². The molecular formula is C24H31FN2O2. The highest BCUT2D eigenvalue weighted by Crippen LogP contribution is 2.21. The normalized spacial score (nSPS) is 19.9. The summed E-state index contributed by atoms with van der Waals surface area (Å²) in [7, 11) is 0. The van der Waals surface area contributed by atoms with Gasteiger partial charge in [0.05, 0.1) is 0 Å². The first-order valence-corrected chi connectivity index (χ1v) is 10.5. The Balaban J connectivity index is 1.56. The van der Waals surface area contributed by atoms with Gasteiger partial charge in [-0.15, -0.1) is 0 Å². The number of hydrogen-bond donors (Lipinski definition) is 0. The third-order valence-corrected chi connectivity index (χ3v) is 5.58. The Hall–Kier alpha value is -2.40. The molecule has 1 heterocycles. The molecule has 0 N–H and O–H groups in total. The molecule has 5 heteroatoms. The van der Waals surface area contributed by atoms with Crippen molar-refractivity contribution in [2.45, 2.75) is 52.2 Å². The Kier molecular flexibility index (Phi) is 7.26. The number of carbonyl (C=O) groups excluding carboxylic acids is 1. The topological polar surface area (TPSA) is 32.8 Å². The van der Waals surface area contributed by atoms with E-state index in [2.05, 4.69) is 31.7 Å². The Morgan fingerprint density at radius 2 is 1.79 bits per heavy atom. The molecule has 0 saturated carbocycles. The molecule has 3 rings (SSSR count). The standard InChI is InChI=1S/C24H31FN2O2/c1-4-7-21-8-5-6-9-23(21)29-17-24(28)27-15-18(2)26(14-19(27)3)16-20-10-12-22(25)13-11-20/h5-6,8-13,18-19H,4,7,14-17H2,1-3H3. The SMILES string of the molecule is CCCc1ccccc1OCC(=O)N1CC(C)N(Cc2ccc(F)cc2)CC1C. The Labute approximate surface area is 173 Å². The molecular weight excluding hydrogens is 367 g/mol. The average molecular weight is 399 g/mol. The minimum absolute atomic E-state index is 0.0251.